The molecule has 1 fully saturated rings. The minimum absolute atomic E-state index is 0.00396. The molecule has 0 aliphatic carbocycles. The molecule has 1 aliphatic rings. The van der Waals surface area contributed by atoms with Gasteiger partial charge in [0.1, 0.15) is 11.5 Å². The van der Waals surface area contributed by atoms with Crippen LogP contribution in [0.5, 0.6) is 0 Å². The van der Waals surface area contributed by atoms with Gasteiger partial charge in [-0.15, -0.1) is 0 Å². The number of aromatic amines is 1. The van der Waals surface area contributed by atoms with Crippen LogP contribution < -0.4 is 5.32 Å². The molecule has 3 aromatic rings. The molecule has 2 amide bonds. The Labute approximate surface area is 189 Å². The molecule has 0 spiro atoms. The highest BCUT2D eigenvalue weighted by Crippen LogP contribution is 2.24. The number of piperidine rings is 1. The van der Waals surface area contributed by atoms with Crippen molar-refractivity contribution < 1.29 is 9.59 Å². The predicted octanol–water partition coefficient (Wildman–Crippen LogP) is 4.20. The molecule has 4 rings (SSSR count). The molecule has 2 aromatic carbocycles. The third-order valence-corrected chi connectivity index (χ3v) is 6.10. The summed E-state index contributed by atoms with van der Waals surface area (Å²) in [5.41, 5.74) is 3.37. The number of hydrogen-bond acceptors (Lipinski definition) is 3. The van der Waals surface area contributed by atoms with Gasteiger partial charge in [0.05, 0.1) is 6.42 Å². The first-order valence-corrected chi connectivity index (χ1v) is 11.3. The van der Waals surface area contributed by atoms with E-state index in [-0.39, 0.29) is 17.9 Å². The lowest BCUT2D eigenvalue weighted by Gasteiger charge is -2.36. The normalized spacial score (nSPS) is 18.4. The van der Waals surface area contributed by atoms with Crippen LogP contribution in [0.15, 0.2) is 60.8 Å². The molecule has 6 heteroatoms. The lowest BCUT2D eigenvalue weighted by molar-refractivity contribution is -0.120. The number of nitrogens with zero attached hydrogens (tertiary/aromatic N) is 2. The molecule has 2 atom stereocenters. The number of aromatic nitrogens is 2. The Kier molecular flexibility index (Phi) is 6.69. The lowest BCUT2D eigenvalue weighted by Crippen LogP contribution is -2.45. The summed E-state index contributed by atoms with van der Waals surface area (Å²) in [4.78, 5) is 34.7. The van der Waals surface area contributed by atoms with Gasteiger partial charge < -0.3 is 15.2 Å². The smallest absolute Gasteiger partial charge is 0.274 e. The Morgan fingerprint density at radius 1 is 1.03 bits per heavy atom. The second-order valence-electron chi connectivity index (χ2n) is 8.76. The molecule has 2 heterocycles. The number of amides is 2. The van der Waals surface area contributed by atoms with Crippen molar-refractivity contribution in [2.24, 2.45) is 5.92 Å². The molecular weight excluding hydrogens is 400 g/mol. The van der Waals surface area contributed by atoms with E-state index in [1.165, 1.54) is 0 Å². The molecule has 0 bridgehead atoms. The number of carbonyl (C=O) groups is 2. The van der Waals surface area contributed by atoms with Gasteiger partial charge in [0, 0.05) is 30.9 Å². The Bertz CT molecular complexity index is 1060. The fourth-order valence-electron chi connectivity index (χ4n) is 4.12. The summed E-state index contributed by atoms with van der Waals surface area (Å²) in [7, 11) is 0. The number of benzene rings is 2. The fourth-order valence-corrected chi connectivity index (χ4v) is 4.12. The highest BCUT2D eigenvalue weighted by molar-refractivity contribution is 5.93. The van der Waals surface area contributed by atoms with Crippen molar-refractivity contribution >= 4 is 11.8 Å². The average Bonchev–Trinajstić information content (AvgIpc) is 3.30. The summed E-state index contributed by atoms with van der Waals surface area (Å²) in [6.07, 6.45) is 4.27. The zero-order valence-electron chi connectivity index (χ0n) is 18.7. The first-order valence-electron chi connectivity index (χ1n) is 11.3. The molecule has 2 unspecified atom stereocenters. The summed E-state index contributed by atoms with van der Waals surface area (Å²) >= 11 is 0. The van der Waals surface area contributed by atoms with Gasteiger partial charge in [-0.2, -0.15) is 0 Å². The van der Waals surface area contributed by atoms with E-state index in [4.69, 9.17) is 0 Å². The van der Waals surface area contributed by atoms with Crippen molar-refractivity contribution in [2.75, 3.05) is 6.54 Å². The van der Waals surface area contributed by atoms with Crippen molar-refractivity contribution in [3.05, 3.63) is 77.6 Å². The van der Waals surface area contributed by atoms with E-state index >= 15 is 0 Å². The van der Waals surface area contributed by atoms with Crippen molar-refractivity contribution in [2.45, 2.75) is 45.7 Å². The van der Waals surface area contributed by atoms with Crippen molar-refractivity contribution in [1.82, 2.24) is 20.2 Å². The first kappa shape index (κ1) is 21.8. The molecule has 0 saturated carbocycles. The number of rotatable bonds is 6. The highest BCUT2D eigenvalue weighted by Gasteiger charge is 2.28. The quantitative estimate of drug-likeness (QED) is 0.615. The van der Waals surface area contributed by atoms with Gasteiger partial charge in [0.25, 0.3) is 5.91 Å². The van der Waals surface area contributed by atoms with Crippen LogP contribution in [0.3, 0.4) is 0 Å². The van der Waals surface area contributed by atoms with Gasteiger partial charge >= 0.3 is 0 Å². The molecule has 6 nitrogen and oxygen atoms in total. The van der Waals surface area contributed by atoms with E-state index in [1.54, 1.807) is 6.20 Å². The second kappa shape index (κ2) is 9.81. The summed E-state index contributed by atoms with van der Waals surface area (Å²) in [6, 6.07) is 17.8. The number of likely N-dealkylation sites (tertiary alicyclic amines) is 1. The van der Waals surface area contributed by atoms with Gasteiger partial charge in [-0.05, 0) is 36.8 Å². The SMILES string of the molecule is CC1CCC(C)N(C(=O)c2c[nH]c(-c3ccc(CNC(=O)Cc4ccccc4)cc3)n2)C1. The fraction of sp³-hybridized carbons (Fsp3) is 0.346. The molecule has 0 radical (unpaired) electrons. The average molecular weight is 431 g/mol. The monoisotopic (exact) mass is 430 g/mol. The van der Waals surface area contributed by atoms with Crippen LogP contribution in [0.1, 0.15) is 48.3 Å². The van der Waals surface area contributed by atoms with Gasteiger partial charge in [-0.1, -0.05) is 61.5 Å². The van der Waals surface area contributed by atoms with Crippen LogP contribution in [0.25, 0.3) is 11.4 Å². The number of nitrogens with one attached hydrogen (secondary N) is 2. The third kappa shape index (κ3) is 5.25. The molecular formula is C26H30N4O2. The zero-order valence-corrected chi connectivity index (χ0v) is 18.7. The molecule has 166 valence electrons. The zero-order chi connectivity index (χ0) is 22.5. The maximum Gasteiger partial charge on any atom is 0.274 e. The summed E-state index contributed by atoms with van der Waals surface area (Å²) in [6.45, 7) is 5.55. The second-order valence-corrected chi connectivity index (χ2v) is 8.76. The van der Waals surface area contributed by atoms with E-state index in [1.807, 2.05) is 59.5 Å². The van der Waals surface area contributed by atoms with Crippen molar-refractivity contribution in [1.29, 1.82) is 0 Å². The number of carbonyl (C=O) groups excluding carboxylic acids is 2. The van der Waals surface area contributed by atoms with Gasteiger partial charge in [-0.25, -0.2) is 4.98 Å². The first-order chi connectivity index (χ1) is 15.5. The van der Waals surface area contributed by atoms with Crippen LogP contribution in [0, 0.1) is 5.92 Å². The number of hydrogen-bond donors (Lipinski definition) is 2. The Balaban J connectivity index is 1.34. The highest BCUT2D eigenvalue weighted by atomic mass is 16.2. The van der Waals surface area contributed by atoms with Gasteiger partial charge in [0.2, 0.25) is 5.91 Å². The molecule has 1 aromatic heterocycles. The third-order valence-electron chi connectivity index (χ3n) is 6.10. The van der Waals surface area contributed by atoms with Crippen molar-refractivity contribution in [3.8, 4) is 11.4 Å². The Hall–Kier alpha value is -3.41. The van der Waals surface area contributed by atoms with Crippen LogP contribution in [0.4, 0.5) is 0 Å². The van der Waals surface area contributed by atoms with Gasteiger partial charge in [0.15, 0.2) is 0 Å². The number of H-pyrrole nitrogens is 1. The van der Waals surface area contributed by atoms with E-state index in [9.17, 15) is 9.59 Å². The maximum absolute atomic E-state index is 12.9. The minimum atomic E-state index is -0.00991. The largest absolute Gasteiger partial charge is 0.352 e. The van der Waals surface area contributed by atoms with Crippen LogP contribution in [0.2, 0.25) is 0 Å². The van der Waals surface area contributed by atoms with Crippen LogP contribution in [-0.2, 0) is 17.8 Å². The van der Waals surface area contributed by atoms with Gasteiger partial charge in [-0.3, -0.25) is 9.59 Å². The Morgan fingerprint density at radius 3 is 2.53 bits per heavy atom. The summed E-state index contributed by atoms with van der Waals surface area (Å²) in [5.74, 6) is 1.18. The molecule has 2 N–H and O–H groups in total. The predicted molar refractivity (Wildman–Crippen MR) is 125 cm³/mol. The summed E-state index contributed by atoms with van der Waals surface area (Å²) < 4.78 is 0. The van der Waals surface area contributed by atoms with Crippen molar-refractivity contribution in [3.63, 3.8) is 0 Å². The molecule has 1 saturated heterocycles. The lowest BCUT2D eigenvalue weighted by atomic mass is 9.95. The van der Waals surface area contributed by atoms with E-state index in [2.05, 4.69) is 29.1 Å². The topological polar surface area (TPSA) is 78.1 Å². The van der Waals surface area contributed by atoms with E-state index < -0.39 is 0 Å². The standard InChI is InChI=1S/C26H30N4O2/c1-18-8-9-19(2)30(17-18)26(32)23-16-28-25(29-23)22-12-10-21(11-13-22)15-27-24(31)14-20-6-4-3-5-7-20/h3-7,10-13,16,18-19H,8-9,14-15,17H2,1-2H3,(H,27,31)(H,28,29). The molecule has 32 heavy (non-hydrogen) atoms. The Morgan fingerprint density at radius 2 is 1.78 bits per heavy atom. The van der Waals surface area contributed by atoms with Crippen LogP contribution >= 0.6 is 0 Å². The maximum atomic E-state index is 12.9. The van der Waals surface area contributed by atoms with Crippen LogP contribution in [-0.4, -0.2) is 39.3 Å². The van der Waals surface area contributed by atoms with E-state index in [0.717, 1.165) is 36.1 Å². The van der Waals surface area contributed by atoms with E-state index in [0.29, 0.717) is 30.4 Å². The number of imidazole rings is 1. The minimum Gasteiger partial charge on any atom is -0.352 e. The molecule has 1 aliphatic heterocycles. The summed E-state index contributed by atoms with van der Waals surface area (Å²) in [5, 5.41) is 2.96.